The number of tetrazole rings is 1. The predicted molar refractivity (Wildman–Crippen MR) is 140 cm³/mol. The first-order valence-corrected chi connectivity index (χ1v) is 12.1. The lowest BCUT2D eigenvalue weighted by atomic mass is 10.00. The summed E-state index contributed by atoms with van der Waals surface area (Å²) in [5.74, 6) is 2.37. The van der Waals surface area contributed by atoms with Crippen molar-refractivity contribution in [2.24, 2.45) is 0 Å². The van der Waals surface area contributed by atoms with E-state index in [1.807, 2.05) is 13.0 Å². The number of para-hydroxylation sites is 1. The lowest BCUT2D eigenvalue weighted by molar-refractivity contribution is 0.122. The monoisotopic (exact) mass is 486 g/mol. The van der Waals surface area contributed by atoms with Crippen LogP contribution in [0.4, 0.5) is 17.6 Å². The molecular formula is C25H30N10O. The number of rotatable bonds is 7. The van der Waals surface area contributed by atoms with E-state index in [9.17, 15) is 0 Å². The molecule has 4 heterocycles. The van der Waals surface area contributed by atoms with Gasteiger partial charge in [-0.25, -0.2) is 15.1 Å². The normalized spacial score (nSPS) is 15.0. The van der Waals surface area contributed by atoms with E-state index in [4.69, 9.17) is 15.5 Å². The van der Waals surface area contributed by atoms with Crippen molar-refractivity contribution < 1.29 is 4.74 Å². The summed E-state index contributed by atoms with van der Waals surface area (Å²) in [4.78, 5) is 16.4. The molecule has 0 spiro atoms. The number of fused-ring (bicyclic) bond motifs is 1. The zero-order chi connectivity index (χ0) is 25.1. The molecule has 1 unspecified atom stereocenters. The Morgan fingerprint density at radius 3 is 2.75 bits per heavy atom. The molecule has 4 N–H and O–H groups in total. The molecule has 0 bridgehead atoms. The molecular weight excluding hydrogens is 456 g/mol. The van der Waals surface area contributed by atoms with Gasteiger partial charge in [-0.2, -0.15) is 4.98 Å². The zero-order valence-corrected chi connectivity index (χ0v) is 20.7. The largest absolute Gasteiger partial charge is 0.378 e. The van der Waals surface area contributed by atoms with Crippen molar-refractivity contribution in [1.82, 2.24) is 35.6 Å². The van der Waals surface area contributed by atoms with Gasteiger partial charge in [-0.05, 0) is 54.5 Å². The van der Waals surface area contributed by atoms with Gasteiger partial charge in [-0.3, -0.25) is 0 Å². The topological polar surface area (TPSA) is 144 Å². The highest BCUT2D eigenvalue weighted by Crippen LogP contribution is 2.34. The molecule has 1 aliphatic rings. The van der Waals surface area contributed by atoms with Crippen molar-refractivity contribution in [3.05, 3.63) is 52.5 Å². The predicted octanol–water partition coefficient (Wildman–Crippen LogP) is 3.31. The quantitative estimate of drug-likeness (QED) is 0.356. The summed E-state index contributed by atoms with van der Waals surface area (Å²) < 4.78 is 5.61. The highest BCUT2D eigenvalue weighted by Gasteiger charge is 2.24. The number of benzene rings is 1. The first kappa shape index (κ1) is 23.6. The summed E-state index contributed by atoms with van der Waals surface area (Å²) in [5.41, 5.74) is 10.9. The molecule has 36 heavy (non-hydrogen) atoms. The van der Waals surface area contributed by atoms with Gasteiger partial charge in [0.15, 0.2) is 5.82 Å². The summed E-state index contributed by atoms with van der Waals surface area (Å²) >= 11 is 0. The Balaban J connectivity index is 1.58. The molecule has 3 aromatic heterocycles. The van der Waals surface area contributed by atoms with Crippen LogP contribution in [0.3, 0.4) is 0 Å². The molecule has 186 valence electrons. The Labute approximate surface area is 209 Å². The number of nitrogens with zero attached hydrogens (tertiary/aromatic N) is 7. The van der Waals surface area contributed by atoms with E-state index in [2.05, 4.69) is 78.9 Å². The lowest BCUT2D eigenvalue weighted by Gasteiger charge is -2.32. The number of nitrogens with one attached hydrogen (secondary N) is 2. The first-order valence-electron chi connectivity index (χ1n) is 12.1. The maximum atomic E-state index is 6.05. The number of nitrogen functional groups attached to an aromatic ring is 1. The number of H-pyrrole nitrogens is 1. The lowest BCUT2D eigenvalue weighted by Crippen LogP contribution is -2.38. The Bertz CT molecular complexity index is 1380. The van der Waals surface area contributed by atoms with Crippen LogP contribution < -0.4 is 16.0 Å². The molecule has 1 fully saturated rings. The van der Waals surface area contributed by atoms with Crippen LogP contribution in [0.25, 0.3) is 23.1 Å². The van der Waals surface area contributed by atoms with Gasteiger partial charge in [-0.1, -0.05) is 25.1 Å². The summed E-state index contributed by atoms with van der Waals surface area (Å²) in [6.07, 6.45) is 4.49. The Kier molecular flexibility index (Phi) is 6.72. The number of morpholine rings is 1. The van der Waals surface area contributed by atoms with Gasteiger partial charge in [0, 0.05) is 29.6 Å². The van der Waals surface area contributed by atoms with Crippen molar-refractivity contribution in [2.75, 3.05) is 42.3 Å². The van der Waals surface area contributed by atoms with E-state index in [1.165, 1.54) is 0 Å². The van der Waals surface area contributed by atoms with Gasteiger partial charge in [0.05, 0.1) is 30.5 Å². The number of nitrogens with two attached hydrogens (primary N) is 1. The second kappa shape index (κ2) is 10.2. The highest BCUT2D eigenvalue weighted by molar-refractivity contribution is 5.85. The molecule has 0 radical (unpaired) electrons. The number of aromatic nitrogens is 7. The first-order chi connectivity index (χ1) is 17.5. The average molecular weight is 487 g/mol. The van der Waals surface area contributed by atoms with E-state index >= 15 is 0 Å². The third-order valence-electron chi connectivity index (χ3n) is 6.38. The number of aromatic amines is 1. The van der Waals surface area contributed by atoms with Gasteiger partial charge < -0.3 is 20.7 Å². The van der Waals surface area contributed by atoms with Crippen molar-refractivity contribution in [2.45, 2.75) is 33.2 Å². The van der Waals surface area contributed by atoms with Gasteiger partial charge in [-0.15, -0.1) is 5.10 Å². The third kappa shape index (κ3) is 4.82. The van der Waals surface area contributed by atoms with Crippen molar-refractivity contribution >= 4 is 40.6 Å². The maximum Gasteiger partial charge on any atom is 0.222 e. The standard InChI is InChI=1S/C25H30N10O/c1-4-20(28-23-18(16(3)27-25(26)30-23)8-9-21-31-33-34-32-21)19-14-17-7-5-6-15(2)22(17)29-24(19)35-10-12-36-13-11-35/h5-9,14,20H,4,10-13H2,1-3H3,(H3,26,27,28,30)(H,31,32,33,34)/b9-8+. The molecule has 1 saturated heterocycles. The highest BCUT2D eigenvalue weighted by atomic mass is 16.5. The van der Waals surface area contributed by atoms with Gasteiger partial charge in [0.1, 0.15) is 11.6 Å². The number of hydrogen-bond donors (Lipinski definition) is 3. The average Bonchev–Trinajstić information content (AvgIpc) is 3.40. The second-order valence-corrected chi connectivity index (χ2v) is 8.80. The molecule has 0 amide bonds. The van der Waals surface area contributed by atoms with Crippen LogP contribution in [0.2, 0.25) is 0 Å². The van der Waals surface area contributed by atoms with Crippen LogP contribution in [0.5, 0.6) is 0 Å². The molecule has 5 rings (SSSR count). The van der Waals surface area contributed by atoms with Crippen molar-refractivity contribution in [1.29, 1.82) is 0 Å². The number of hydrogen-bond acceptors (Lipinski definition) is 10. The minimum absolute atomic E-state index is 0.0620. The van der Waals surface area contributed by atoms with E-state index in [0.717, 1.165) is 58.6 Å². The molecule has 1 aromatic carbocycles. The fraction of sp³-hybridized carbons (Fsp3) is 0.360. The number of aryl methyl sites for hydroxylation is 2. The van der Waals surface area contributed by atoms with Crippen LogP contribution in [-0.2, 0) is 4.74 Å². The Morgan fingerprint density at radius 1 is 1.17 bits per heavy atom. The second-order valence-electron chi connectivity index (χ2n) is 8.80. The maximum absolute atomic E-state index is 6.05. The van der Waals surface area contributed by atoms with E-state index in [-0.39, 0.29) is 12.0 Å². The number of pyridine rings is 1. The molecule has 11 heteroatoms. The van der Waals surface area contributed by atoms with Gasteiger partial charge >= 0.3 is 0 Å². The number of anilines is 3. The van der Waals surface area contributed by atoms with Crippen LogP contribution in [0.15, 0.2) is 24.3 Å². The third-order valence-corrected chi connectivity index (χ3v) is 6.38. The van der Waals surface area contributed by atoms with Crippen LogP contribution in [0.1, 0.15) is 47.6 Å². The Hall–Kier alpha value is -4.12. The van der Waals surface area contributed by atoms with Crippen LogP contribution in [-0.4, -0.2) is 61.9 Å². The van der Waals surface area contributed by atoms with Crippen LogP contribution in [0, 0.1) is 13.8 Å². The van der Waals surface area contributed by atoms with Crippen LogP contribution >= 0.6 is 0 Å². The smallest absolute Gasteiger partial charge is 0.222 e. The van der Waals surface area contributed by atoms with E-state index in [0.29, 0.717) is 24.9 Å². The fourth-order valence-corrected chi connectivity index (χ4v) is 4.52. The van der Waals surface area contributed by atoms with Gasteiger partial charge in [0.25, 0.3) is 0 Å². The minimum atomic E-state index is -0.0620. The SMILES string of the molecule is CCC(Nc1nc(N)nc(C)c1/C=C/c1nnn[nH]1)c1cc2cccc(C)c2nc1N1CCOCC1. The zero-order valence-electron chi connectivity index (χ0n) is 20.7. The summed E-state index contributed by atoms with van der Waals surface area (Å²) in [6.45, 7) is 9.12. The molecule has 4 aromatic rings. The Morgan fingerprint density at radius 2 is 2.00 bits per heavy atom. The molecule has 0 saturated carbocycles. The summed E-state index contributed by atoms with van der Waals surface area (Å²) in [7, 11) is 0. The van der Waals surface area contributed by atoms with Crippen molar-refractivity contribution in [3.8, 4) is 0 Å². The molecule has 1 aliphatic heterocycles. The molecule has 1 atom stereocenters. The van der Waals surface area contributed by atoms with Crippen molar-refractivity contribution in [3.63, 3.8) is 0 Å². The number of ether oxygens (including phenoxy) is 1. The van der Waals surface area contributed by atoms with E-state index in [1.54, 1.807) is 6.08 Å². The minimum Gasteiger partial charge on any atom is -0.378 e. The summed E-state index contributed by atoms with van der Waals surface area (Å²) in [5, 5.41) is 18.6. The summed E-state index contributed by atoms with van der Waals surface area (Å²) in [6, 6.07) is 8.47. The molecule has 11 nitrogen and oxygen atoms in total. The fourth-order valence-electron chi connectivity index (χ4n) is 4.52. The molecule has 0 aliphatic carbocycles. The van der Waals surface area contributed by atoms with E-state index < -0.39 is 0 Å². The van der Waals surface area contributed by atoms with Gasteiger partial charge in [0.2, 0.25) is 5.95 Å².